The van der Waals surface area contributed by atoms with Crippen molar-refractivity contribution in [1.29, 1.82) is 0 Å². The summed E-state index contributed by atoms with van der Waals surface area (Å²) in [5.74, 6) is 0.551. The molecular weight excluding hydrogens is 420 g/mol. The van der Waals surface area contributed by atoms with E-state index in [4.69, 9.17) is 4.74 Å². The van der Waals surface area contributed by atoms with Crippen LogP contribution in [0, 0.1) is 6.92 Å². The lowest BCUT2D eigenvalue weighted by Gasteiger charge is -2.09. The minimum absolute atomic E-state index is 0.117. The van der Waals surface area contributed by atoms with Crippen LogP contribution in [0.4, 0.5) is 5.69 Å². The molecule has 0 unspecified atom stereocenters. The molecule has 3 heterocycles. The summed E-state index contributed by atoms with van der Waals surface area (Å²) >= 11 is 0. The molecule has 0 atom stereocenters. The van der Waals surface area contributed by atoms with E-state index < -0.39 is 5.91 Å². The van der Waals surface area contributed by atoms with E-state index in [1.54, 1.807) is 42.6 Å². The number of nitrogens with one attached hydrogen (secondary N) is 2. The Bertz CT molecular complexity index is 1500. The molecule has 5 aromatic rings. The van der Waals surface area contributed by atoms with E-state index in [1.165, 1.54) is 23.1 Å². The molecule has 3 aromatic heterocycles. The Kier molecular flexibility index (Phi) is 5.12. The van der Waals surface area contributed by atoms with Crippen LogP contribution in [0.3, 0.4) is 0 Å². The fourth-order valence-corrected chi connectivity index (χ4v) is 3.25. The van der Waals surface area contributed by atoms with E-state index >= 15 is 0 Å². The molecule has 0 bridgehead atoms. The minimum Gasteiger partial charge on any atom is -0.438 e. The van der Waals surface area contributed by atoms with Crippen LogP contribution in [0.25, 0.3) is 16.7 Å². The molecule has 9 heteroatoms. The molecule has 0 aliphatic carbocycles. The Morgan fingerprint density at radius 1 is 0.970 bits per heavy atom. The van der Waals surface area contributed by atoms with Gasteiger partial charge in [-0.05, 0) is 55.5 Å². The van der Waals surface area contributed by atoms with Crippen LogP contribution < -0.4 is 15.6 Å². The van der Waals surface area contributed by atoms with Crippen molar-refractivity contribution < 1.29 is 9.53 Å². The van der Waals surface area contributed by atoms with Crippen molar-refractivity contribution in [2.75, 3.05) is 5.32 Å². The number of amides is 1. The Labute approximate surface area is 187 Å². The molecule has 0 radical (unpaired) electrons. The summed E-state index contributed by atoms with van der Waals surface area (Å²) in [4.78, 5) is 36.3. The maximum atomic E-state index is 12.7. The molecular formula is C24H18N6O3. The molecule has 0 aliphatic heterocycles. The number of hydrogen-bond donors (Lipinski definition) is 2. The molecule has 2 N–H and O–H groups in total. The highest BCUT2D eigenvalue weighted by Gasteiger charge is 2.12. The summed E-state index contributed by atoms with van der Waals surface area (Å²) in [5.41, 5.74) is 2.68. The van der Waals surface area contributed by atoms with E-state index in [-0.39, 0.29) is 11.3 Å². The lowest BCUT2D eigenvalue weighted by molar-refractivity contribution is 0.102. The van der Waals surface area contributed by atoms with Crippen LogP contribution in [0.1, 0.15) is 16.1 Å². The fourth-order valence-electron chi connectivity index (χ4n) is 3.25. The van der Waals surface area contributed by atoms with Gasteiger partial charge in [-0.1, -0.05) is 17.7 Å². The van der Waals surface area contributed by atoms with Crippen LogP contribution in [0.15, 0.2) is 84.0 Å². The number of hydrogen-bond acceptors (Lipinski definition) is 6. The molecule has 0 spiro atoms. The van der Waals surface area contributed by atoms with Gasteiger partial charge in [-0.2, -0.15) is 9.78 Å². The predicted molar refractivity (Wildman–Crippen MR) is 123 cm³/mol. The van der Waals surface area contributed by atoms with Crippen LogP contribution in [0.5, 0.6) is 11.6 Å². The lowest BCUT2D eigenvalue weighted by atomic mass is 10.2. The van der Waals surface area contributed by atoms with Crippen molar-refractivity contribution in [3.63, 3.8) is 0 Å². The number of carbonyl (C=O) groups excluding carboxylic acids is 1. The highest BCUT2D eigenvalue weighted by Crippen LogP contribution is 2.26. The molecule has 0 saturated heterocycles. The highest BCUT2D eigenvalue weighted by molar-refractivity contribution is 6.02. The van der Waals surface area contributed by atoms with Crippen molar-refractivity contribution in [2.24, 2.45) is 0 Å². The Morgan fingerprint density at radius 2 is 1.76 bits per heavy atom. The number of benzene rings is 2. The van der Waals surface area contributed by atoms with Crippen LogP contribution in [0.2, 0.25) is 0 Å². The van der Waals surface area contributed by atoms with E-state index in [0.717, 1.165) is 10.9 Å². The summed E-state index contributed by atoms with van der Waals surface area (Å²) in [6.07, 6.45) is 3.19. The Balaban J connectivity index is 1.32. The molecule has 162 valence electrons. The summed E-state index contributed by atoms with van der Waals surface area (Å²) in [5, 5.41) is 7.76. The summed E-state index contributed by atoms with van der Waals surface area (Å²) in [7, 11) is 0. The van der Waals surface area contributed by atoms with Crippen molar-refractivity contribution in [1.82, 2.24) is 24.7 Å². The fraction of sp³-hybridized carbons (Fsp3) is 0.0417. The molecule has 0 saturated carbocycles. The third-order valence-corrected chi connectivity index (χ3v) is 4.96. The second kappa shape index (κ2) is 8.39. The SMILES string of the molecule is Cc1ccc(-n2nc(C(=O)Nc3ccc(Oc4ncnc5[nH]ccc45)cc3)ccc2=O)cc1. The number of rotatable bonds is 5. The van der Waals surface area contributed by atoms with Crippen molar-refractivity contribution in [3.05, 3.63) is 101 Å². The van der Waals surface area contributed by atoms with Crippen molar-refractivity contribution in [3.8, 4) is 17.3 Å². The Morgan fingerprint density at radius 3 is 2.55 bits per heavy atom. The highest BCUT2D eigenvalue weighted by atomic mass is 16.5. The number of aryl methyl sites for hydroxylation is 1. The number of ether oxygens (including phenoxy) is 1. The first-order chi connectivity index (χ1) is 16.1. The molecule has 0 fully saturated rings. The third-order valence-electron chi connectivity index (χ3n) is 4.96. The number of carbonyl (C=O) groups is 1. The van der Waals surface area contributed by atoms with Gasteiger partial charge in [0.05, 0.1) is 11.1 Å². The van der Waals surface area contributed by atoms with Crippen molar-refractivity contribution in [2.45, 2.75) is 6.92 Å². The average molecular weight is 438 g/mol. The smallest absolute Gasteiger partial charge is 0.276 e. The molecule has 1 amide bonds. The van der Waals surface area contributed by atoms with Gasteiger partial charge in [0.1, 0.15) is 23.4 Å². The van der Waals surface area contributed by atoms with E-state index in [1.807, 2.05) is 25.1 Å². The number of H-pyrrole nitrogens is 1. The maximum Gasteiger partial charge on any atom is 0.276 e. The van der Waals surface area contributed by atoms with Crippen molar-refractivity contribution >= 4 is 22.6 Å². The zero-order valence-corrected chi connectivity index (χ0v) is 17.5. The molecule has 0 aliphatic rings. The largest absolute Gasteiger partial charge is 0.438 e. The summed E-state index contributed by atoms with van der Waals surface area (Å²) in [6.45, 7) is 1.95. The zero-order chi connectivity index (χ0) is 22.8. The van der Waals surface area contributed by atoms with E-state index in [9.17, 15) is 9.59 Å². The summed E-state index contributed by atoms with van der Waals surface area (Å²) < 4.78 is 7.05. The van der Waals surface area contributed by atoms with Crippen LogP contribution in [-0.4, -0.2) is 30.6 Å². The van der Waals surface area contributed by atoms with Gasteiger partial charge in [-0.25, -0.2) is 9.97 Å². The quantitative estimate of drug-likeness (QED) is 0.431. The number of aromatic nitrogens is 5. The minimum atomic E-state index is -0.436. The van der Waals surface area contributed by atoms with Gasteiger partial charge in [-0.3, -0.25) is 9.59 Å². The molecule has 9 nitrogen and oxygen atoms in total. The monoisotopic (exact) mass is 438 g/mol. The maximum absolute atomic E-state index is 12.7. The first-order valence-corrected chi connectivity index (χ1v) is 10.1. The number of anilines is 1. The standard InChI is InChI=1S/C24H18N6O3/c1-15-2-6-17(7-3-15)30-21(31)11-10-20(29-30)23(32)28-16-4-8-18(9-5-16)33-24-19-12-13-25-22(19)26-14-27-24/h2-14H,1H3,(H,28,32)(H,25,26,27). The van der Waals surface area contributed by atoms with Gasteiger partial charge in [0.2, 0.25) is 5.88 Å². The van der Waals surface area contributed by atoms with Gasteiger partial charge in [0.25, 0.3) is 11.5 Å². The van der Waals surface area contributed by atoms with Gasteiger partial charge >= 0.3 is 0 Å². The number of fused-ring (bicyclic) bond motifs is 1. The van der Waals surface area contributed by atoms with E-state index in [0.29, 0.717) is 28.7 Å². The Hall–Kier alpha value is -4.79. The van der Waals surface area contributed by atoms with Gasteiger partial charge in [0.15, 0.2) is 0 Å². The zero-order valence-electron chi connectivity index (χ0n) is 17.5. The number of aromatic amines is 1. The van der Waals surface area contributed by atoms with Gasteiger partial charge < -0.3 is 15.0 Å². The topological polar surface area (TPSA) is 115 Å². The summed E-state index contributed by atoms with van der Waals surface area (Å²) in [6, 6.07) is 18.7. The second-order valence-corrected chi connectivity index (χ2v) is 7.30. The first kappa shape index (κ1) is 20.1. The molecule has 5 rings (SSSR count). The van der Waals surface area contributed by atoms with Gasteiger partial charge in [0, 0.05) is 18.0 Å². The molecule has 33 heavy (non-hydrogen) atoms. The molecule has 2 aromatic carbocycles. The average Bonchev–Trinajstić information content (AvgIpc) is 3.31. The lowest BCUT2D eigenvalue weighted by Crippen LogP contribution is -2.24. The normalized spacial score (nSPS) is 10.8. The van der Waals surface area contributed by atoms with Crippen LogP contribution >= 0.6 is 0 Å². The van der Waals surface area contributed by atoms with Crippen LogP contribution in [-0.2, 0) is 0 Å². The van der Waals surface area contributed by atoms with E-state index in [2.05, 4.69) is 25.4 Å². The third kappa shape index (κ3) is 4.19. The predicted octanol–water partition coefficient (Wildman–Crippen LogP) is 3.86. The number of nitrogens with zero attached hydrogens (tertiary/aromatic N) is 4. The van der Waals surface area contributed by atoms with Gasteiger partial charge in [-0.15, -0.1) is 0 Å². The second-order valence-electron chi connectivity index (χ2n) is 7.30. The first-order valence-electron chi connectivity index (χ1n) is 10.1.